The van der Waals surface area contributed by atoms with Gasteiger partial charge in [0.05, 0.1) is 5.69 Å². The molecule has 0 amide bonds. The Morgan fingerprint density at radius 1 is 1.42 bits per heavy atom. The van der Waals surface area contributed by atoms with Gasteiger partial charge in [0.25, 0.3) is 0 Å². The molecule has 0 bridgehead atoms. The van der Waals surface area contributed by atoms with Crippen molar-refractivity contribution in [2.24, 2.45) is 0 Å². The van der Waals surface area contributed by atoms with E-state index in [0.29, 0.717) is 6.04 Å². The minimum atomic E-state index is 0.531. The first-order valence-electron chi connectivity index (χ1n) is 7.07. The van der Waals surface area contributed by atoms with E-state index in [9.17, 15) is 0 Å². The summed E-state index contributed by atoms with van der Waals surface area (Å²) in [5.74, 6) is 0. The molecule has 1 aliphatic carbocycles. The summed E-state index contributed by atoms with van der Waals surface area (Å²) in [4.78, 5) is 0. The third-order valence-electron chi connectivity index (χ3n) is 4.15. The molecule has 3 heteroatoms. The molecule has 1 atom stereocenters. The predicted molar refractivity (Wildman–Crippen MR) is 78.2 cm³/mol. The van der Waals surface area contributed by atoms with E-state index in [1.807, 2.05) is 11.7 Å². The predicted octanol–water partition coefficient (Wildman–Crippen LogP) is 3.09. The Morgan fingerprint density at radius 3 is 2.95 bits per heavy atom. The number of aryl methyl sites for hydroxylation is 3. The lowest BCUT2D eigenvalue weighted by atomic mass is 10.0. The van der Waals surface area contributed by atoms with E-state index in [2.05, 4.69) is 48.7 Å². The molecule has 1 aromatic carbocycles. The zero-order valence-electron chi connectivity index (χ0n) is 11.9. The first kappa shape index (κ1) is 12.4. The maximum absolute atomic E-state index is 4.53. The number of nitrogens with zero attached hydrogens (tertiary/aromatic N) is 2. The summed E-state index contributed by atoms with van der Waals surface area (Å²) >= 11 is 0. The van der Waals surface area contributed by atoms with Crippen LogP contribution in [0.15, 0.2) is 24.4 Å². The van der Waals surface area contributed by atoms with E-state index >= 15 is 0 Å². The van der Waals surface area contributed by atoms with Crippen LogP contribution >= 0.6 is 0 Å². The van der Waals surface area contributed by atoms with Crippen molar-refractivity contribution in [3.8, 4) is 11.1 Å². The number of fused-ring (bicyclic) bond motifs is 1. The molecule has 1 aliphatic rings. The summed E-state index contributed by atoms with van der Waals surface area (Å²) < 4.78 is 2.01. The SMILES string of the molecule is CCn1cc(-c2ccc3c(c2)CCC3NC)c(C)n1. The van der Waals surface area contributed by atoms with Gasteiger partial charge in [-0.25, -0.2) is 0 Å². The molecule has 0 spiro atoms. The van der Waals surface area contributed by atoms with Gasteiger partial charge in [0, 0.05) is 24.3 Å². The Kier molecular flexibility index (Phi) is 3.15. The zero-order valence-corrected chi connectivity index (χ0v) is 11.9. The van der Waals surface area contributed by atoms with Crippen LogP contribution in [-0.4, -0.2) is 16.8 Å². The number of nitrogens with one attached hydrogen (secondary N) is 1. The van der Waals surface area contributed by atoms with Crippen LogP contribution in [0.25, 0.3) is 11.1 Å². The molecule has 1 unspecified atom stereocenters. The third-order valence-corrected chi connectivity index (χ3v) is 4.15. The second kappa shape index (κ2) is 4.82. The minimum Gasteiger partial charge on any atom is -0.313 e. The summed E-state index contributed by atoms with van der Waals surface area (Å²) in [6.07, 6.45) is 4.54. The van der Waals surface area contributed by atoms with Gasteiger partial charge in [-0.2, -0.15) is 5.10 Å². The molecule has 0 fully saturated rings. The molecule has 1 N–H and O–H groups in total. The van der Waals surface area contributed by atoms with Gasteiger partial charge in [0.2, 0.25) is 0 Å². The summed E-state index contributed by atoms with van der Waals surface area (Å²) in [5, 5.41) is 7.92. The van der Waals surface area contributed by atoms with E-state index in [1.165, 1.54) is 35.1 Å². The molecule has 3 nitrogen and oxygen atoms in total. The van der Waals surface area contributed by atoms with Gasteiger partial charge in [-0.3, -0.25) is 4.68 Å². The fraction of sp³-hybridized carbons (Fsp3) is 0.438. The molecule has 3 rings (SSSR count). The number of hydrogen-bond donors (Lipinski definition) is 1. The van der Waals surface area contributed by atoms with Gasteiger partial charge in [0.1, 0.15) is 0 Å². The zero-order chi connectivity index (χ0) is 13.4. The van der Waals surface area contributed by atoms with Gasteiger partial charge in [-0.1, -0.05) is 18.2 Å². The fourth-order valence-electron chi connectivity index (χ4n) is 3.05. The monoisotopic (exact) mass is 255 g/mol. The Labute approximate surface area is 114 Å². The molecule has 1 aromatic heterocycles. The summed E-state index contributed by atoms with van der Waals surface area (Å²) in [6, 6.07) is 7.39. The molecule has 100 valence electrons. The van der Waals surface area contributed by atoms with Crippen LogP contribution in [0.1, 0.15) is 36.2 Å². The molecule has 0 saturated carbocycles. The first-order valence-corrected chi connectivity index (χ1v) is 7.07. The van der Waals surface area contributed by atoms with Crippen molar-refractivity contribution in [2.45, 2.75) is 39.3 Å². The average Bonchev–Trinajstić information content (AvgIpc) is 3.00. The fourth-order valence-corrected chi connectivity index (χ4v) is 3.05. The molecule has 0 radical (unpaired) electrons. The Bertz CT molecular complexity index is 598. The van der Waals surface area contributed by atoms with Crippen molar-refractivity contribution in [3.63, 3.8) is 0 Å². The second-order valence-electron chi connectivity index (χ2n) is 5.28. The molecule has 19 heavy (non-hydrogen) atoms. The van der Waals surface area contributed by atoms with Crippen LogP contribution in [0.2, 0.25) is 0 Å². The number of benzene rings is 1. The summed E-state index contributed by atoms with van der Waals surface area (Å²) in [6.45, 7) is 5.13. The highest BCUT2D eigenvalue weighted by Crippen LogP contribution is 2.34. The van der Waals surface area contributed by atoms with Crippen LogP contribution in [0.5, 0.6) is 0 Å². The van der Waals surface area contributed by atoms with Gasteiger partial charge in [-0.15, -0.1) is 0 Å². The molecular weight excluding hydrogens is 234 g/mol. The Hall–Kier alpha value is -1.61. The highest BCUT2D eigenvalue weighted by Gasteiger charge is 2.21. The van der Waals surface area contributed by atoms with Crippen LogP contribution in [0.3, 0.4) is 0 Å². The standard InChI is InChI=1S/C16H21N3/c1-4-19-10-15(11(2)18-19)13-5-7-14-12(9-13)6-8-16(14)17-3/h5,7,9-10,16-17H,4,6,8H2,1-3H3. The van der Waals surface area contributed by atoms with E-state index in [0.717, 1.165) is 12.2 Å². The van der Waals surface area contributed by atoms with Crippen molar-refractivity contribution in [1.29, 1.82) is 0 Å². The highest BCUT2D eigenvalue weighted by atomic mass is 15.3. The second-order valence-corrected chi connectivity index (χ2v) is 5.28. The minimum absolute atomic E-state index is 0.531. The van der Waals surface area contributed by atoms with E-state index < -0.39 is 0 Å². The molecule has 2 aromatic rings. The Morgan fingerprint density at radius 2 is 2.26 bits per heavy atom. The number of hydrogen-bond acceptors (Lipinski definition) is 2. The third kappa shape index (κ3) is 2.08. The topological polar surface area (TPSA) is 29.9 Å². The maximum atomic E-state index is 4.53. The summed E-state index contributed by atoms with van der Waals surface area (Å²) in [7, 11) is 2.04. The summed E-state index contributed by atoms with van der Waals surface area (Å²) in [5.41, 5.74) is 6.63. The Balaban J connectivity index is 2.01. The lowest BCUT2D eigenvalue weighted by Crippen LogP contribution is -2.12. The van der Waals surface area contributed by atoms with E-state index in [1.54, 1.807) is 0 Å². The normalized spacial score (nSPS) is 17.7. The first-order chi connectivity index (χ1) is 9.22. The van der Waals surface area contributed by atoms with Crippen LogP contribution in [0.4, 0.5) is 0 Å². The van der Waals surface area contributed by atoms with E-state index in [4.69, 9.17) is 0 Å². The van der Waals surface area contributed by atoms with Crippen LogP contribution in [0, 0.1) is 6.92 Å². The average molecular weight is 255 g/mol. The number of aromatic nitrogens is 2. The maximum Gasteiger partial charge on any atom is 0.0672 e. The van der Waals surface area contributed by atoms with Crippen LogP contribution in [-0.2, 0) is 13.0 Å². The van der Waals surface area contributed by atoms with Gasteiger partial charge < -0.3 is 5.32 Å². The number of rotatable bonds is 3. The smallest absolute Gasteiger partial charge is 0.0672 e. The lowest BCUT2D eigenvalue weighted by Gasteiger charge is -2.10. The molecule has 0 aliphatic heterocycles. The van der Waals surface area contributed by atoms with Crippen LogP contribution < -0.4 is 5.32 Å². The highest BCUT2D eigenvalue weighted by molar-refractivity contribution is 5.67. The van der Waals surface area contributed by atoms with Crippen molar-refractivity contribution in [2.75, 3.05) is 7.05 Å². The largest absolute Gasteiger partial charge is 0.313 e. The molecule has 0 saturated heterocycles. The van der Waals surface area contributed by atoms with Gasteiger partial charge in [-0.05, 0) is 50.4 Å². The molecular formula is C16H21N3. The van der Waals surface area contributed by atoms with Gasteiger partial charge in [0.15, 0.2) is 0 Å². The van der Waals surface area contributed by atoms with Gasteiger partial charge >= 0.3 is 0 Å². The van der Waals surface area contributed by atoms with Crippen molar-refractivity contribution in [3.05, 3.63) is 41.2 Å². The van der Waals surface area contributed by atoms with Crippen molar-refractivity contribution in [1.82, 2.24) is 15.1 Å². The lowest BCUT2D eigenvalue weighted by molar-refractivity contribution is 0.590. The quantitative estimate of drug-likeness (QED) is 0.913. The molecule has 1 heterocycles. The van der Waals surface area contributed by atoms with Crippen molar-refractivity contribution < 1.29 is 0 Å². The van der Waals surface area contributed by atoms with Crippen molar-refractivity contribution >= 4 is 0 Å². The van der Waals surface area contributed by atoms with E-state index in [-0.39, 0.29) is 0 Å².